The van der Waals surface area contributed by atoms with E-state index in [0.717, 1.165) is 10.4 Å². The summed E-state index contributed by atoms with van der Waals surface area (Å²) in [5, 5.41) is 13.3. The number of benzene rings is 1. The fraction of sp³-hybridized carbons (Fsp3) is 0.346. The van der Waals surface area contributed by atoms with E-state index in [0.29, 0.717) is 16.0 Å². The number of hydrogen-bond donors (Lipinski definition) is 1. The Kier molecular flexibility index (Phi) is 6.70. The van der Waals surface area contributed by atoms with Crippen LogP contribution in [-0.4, -0.2) is 32.7 Å². The quantitative estimate of drug-likeness (QED) is 0.515. The van der Waals surface area contributed by atoms with Crippen LogP contribution in [0.5, 0.6) is 0 Å². The third-order valence-electron chi connectivity index (χ3n) is 5.82. The van der Waals surface area contributed by atoms with Gasteiger partial charge in [-0.15, -0.1) is 11.3 Å². The molecule has 0 aliphatic carbocycles. The molecule has 0 radical (unpaired) electrons. The van der Waals surface area contributed by atoms with Crippen molar-refractivity contribution in [2.75, 3.05) is 6.54 Å². The van der Waals surface area contributed by atoms with Crippen molar-refractivity contribution in [1.29, 1.82) is 5.26 Å². The second-order valence-corrected chi connectivity index (χ2v) is 10.3. The lowest BCUT2D eigenvalue weighted by atomic mass is 9.83. The van der Waals surface area contributed by atoms with Crippen LogP contribution in [0.1, 0.15) is 53.3 Å². The maximum atomic E-state index is 13.9. The van der Waals surface area contributed by atoms with Crippen LogP contribution < -0.4 is 5.73 Å². The van der Waals surface area contributed by atoms with Crippen molar-refractivity contribution in [3.05, 3.63) is 63.1 Å². The Labute approximate surface area is 211 Å². The zero-order valence-corrected chi connectivity index (χ0v) is 20.8. The molecule has 0 fully saturated rings. The summed E-state index contributed by atoms with van der Waals surface area (Å²) in [5.41, 5.74) is 5.89. The third kappa shape index (κ3) is 5.15. The molecule has 186 valence electrons. The Morgan fingerprint density at radius 2 is 1.97 bits per heavy atom. The first-order valence-corrected chi connectivity index (χ1v) is 12.1. The molecule has 0 unspecified atom stereocenters. The number of thiophene rings is 1. The Balaban J connectivity index is 1.85. The van der Waals surface area contributed by atoms with Gasteiger partial charge in [0.25, 0.3) is 5.91 Å². The summed E-state index contributed by atoms with van der Waals surface area (Å²) < 4.78 is 43.0. The lowest BCUT2D eigenvalue weighted by molar-refractivity contribution is -0.141. The highest BCUT2D eigenvalue weighted by Crippen LogP contribution is 2.44. The maximum absolute atomic E-state index is 13.9. The van der Waals surface area contributed by atoms with Crippen LogP contribution in [0, 0.1) is 23.2 Å². The summed E-state index contributed by atoms with van der Waals surface area (Å²) in [5.74, 6) is 4.45. The summed E-state index contributed by atoms with van der Waals surface area (Å²) in [4.78, 5) is 15.8. The number of rotatable bonds is 3. The van der Waals surface area contributed by atoms with E-state index in [1.54, 1.807) is 56.0 Å². The van der Waals surface area contributed by atoms with Gasteiger partial charge in [-0.3, -0.25) is 9.48 Å². The van der Waals surface area contributed by atoms with Gasteiger partial charge in [0.1, 0.15) is 10.9 Å². The standard InChI is InChI=1S/C26H24F3N5OS/c1-4-34-14-21(24(32-34)26(27,28)29)18-8-6-5-7-17(18)20-13-33(23(35)9-10-25(2,3)31)15-22-19(20)11-16(12-30)36-22/h5-8,11,14,20H,4,13,15,31H2,1-3H3/t20-/m0/s1. The number of nitrogens with two attached hydrogens (primary N) is 1. The summed E-state index contributed by atoms with van der Waals surface area (Å²) in [6, 6.07) is 10.7. The van der Waals surface area contributed by atoms with Gasteiger partial charge in [-0.05, 0) is 49.4 Å². The average molecular weight is 512 g/mol. The van der Waals surface area contributed by atoms with E-state index in [4.69, 9.17) is 5.73 Å². The van der Waals surface area contributed by atoms with E-state index < -0.39 is 29.2 Å². The van der Waals surface area contributed by atoms with Gasteiger partial charge in [0.05, 0.1) is 12.1 Å². The molecule has 3 aromatic rings. The molecule has 36 heavy (non-hydrogen) atoms. The first-order valence-electron chi connectivity index (χ1n) is 11.3. The third-order valence-corrected chi connectivity index (χ3v) is 6.86. The van der Waals surface area contributed by atoms with Crippen LogP contribution in [-0.2, 0) is 24.1 Å². The normalized spacial score (nSPS) is 15.6. The minimum Gasteiger partial charge on any atom is -0.326 e. The highest BCUT2D eigenvalue weighted by atomic mass is 32.1. The maximum Gasteiger partial charge on any atom is 0.435 e. The van der Waals surface area contributed by atoms with Crippen molar-refractivity contribution < 1.29 is 18.0 Å². The van der Waals surface area contributed by atoms with Crippen LogP contribution in [0.15, 0.2) is 36.5 Å². The molecule has 1 aliphatic heterocycles. The largest absolute Gasteiger partial charge is 0.435 e. The predicted octanol–water partition coefficient (Wildman–Crippen LogP) is 4.74. The number of nitrogens with zero attached hydrogens (tertiary/aromatic N) is 4. The monoisotopic (exact) mass is 511 g/mol. The van der Waals surface area contributed by atoms with Crippen LogP contribution in [0.25, 0.3) is 11.1 Å². The van der Waals surface area contributed by atoms with Crippen LogP contribution in [0.4, 0.5) is 13.2 Å². The van der Waals surface area contributed by atoms with Crippen molar-refractivity contribution in [3.63, 3.8) is 0 Å². The number of carbonyl (C=O) groups excluding carboxylic acids is 1. The van der Waals surface area contributed by atoms with E-state index >= 15 is 0 Å². The number of amides is 1. The molecule has 1 aliphatic rings. The number of nitriles is 1. The van der Waals surface area contributed by atoms with E-state index in [9.17, 15) is 23.2 Å². The summed E-state index contributed by atoms with van der Waals surface area (Å²) in [6.07, 6.45) is -3.24. The number of carbonyl (C=O) groups is 1. The van der Waals surface area contributed by atoms with Crippen molar-refractivity contribution in [2.45, 2.75) is 51.5 Å². The molecule has 10 heteroatoms. The molecule has 0 bridgehead atoms. The molecule has 1 aromatic carbocycles. The van der Waals surface area contributed by atoms with Gasteiger partial charge < -0.3 is 10.6 Å². The molecule has 1 amide bonds. The van der Waals surface area contributed by atoms with Gasteiger partial charge in [0.15, 0.2) is 5.69 Å². The van der Waals surface area contributed by atoms with Crippen molar-refractivity contribution >= 4 is 17.2 Å². The fourth-order valence-electron chi connectivity index (χ4n) is 4.22. The first kappa shape index (κ1) is 25.5. The zero-order valence-electron chi connectivity index (χ0n) is 20.0. The van der Waals surface area contributed by atoms with Gasteiger partial charge in [0, 0.05) is 35.6 Å². The molecule has 3 heterocycles. The van der Waals surface area contributed by atoms with Gasteiger partial charge in [0.2, 0.25) is 0 Å². The number of halogens is 3. The Morgan fingerprint density at radius 1 is 1.25 bits per heavy atom. The van der Waals surface area contributed by atoms with E-state index in [-0.39, 0.29) is 25.2 Å². The highest BCUT2D eigenvalue weighted by molar-refractivity contribution is 7.12. The SMILES string of the molecule is CCn1cc(-c2ccccc2[C@@H]2CN(C(=O)C#CC(C)(C)N)Cc3sc(C#N)cc32)c(C(F)(F)F)n1. The second-order valence-electron chi connectivity index (χ2n) is 9.14. The van der Waals surface area contributed by atoms with Gasteiger partial charge in [-0.2, -0.15) is 23.5 Å². The lowest BCUT2D eigenvalue weighted by Gasteiger charge is -2.33. The number of aromatic nitrogens is 2. The van der Waals surface area contributed by atoms with Crippen molar-refractivity contribution in [1.82, 2.24) is 14.7 Å². The summed E-state index contributed by atoms with van der Waals surface area (Å²) in [6.45, 7) is 5.85. The van der Waals surface area contributed by atoms with Crippen LogP contribution >= 0.6 is 11.3 Å². The molecule has 2 N–H and O–H groups in total. The second kappa shape index (κ2) is 9.45. The zero-order chi connectivity index (χ0) is 26.3. The number of hydrogen-bond acceptors (Lipinski definition) is 5. The Morgan fingerprint density at radius 3 is 2.61 bits per heavy atom. The molecule has 6 nitrogen and oxygen atoms in total. The predicted molar refractivity (Wildman–Crippen MR) is 131 cm³/mol. The fourth-order valence-corrected chi connectivity index (χ4v) is 5.26. The first-order chi connectivity index (χ1) is 16.9. The molecular formula is C26H24F3N5OS. The smallest absolute Gasteiger partial charge is 0.326 e. The highest BCUT2D eigenvalue weighted by Gasteiger charge is 2.39. The lowest BCUT2D eigenvalue weighted by Crippen LogP contribution is -2.38. The van der Waals surface area contributed by atoms with Gasteiger partial charge in [-0.25, -0.2) is 0 Å². The molecule has 0 spiro atoms. The molecular weight excluding hydrogens is 487 g/mol. The van der Waals surface area contributed by atoms with Crippen LogP contribution in [0.3, 0.4) is 0 Å². The number of aryl methyl sites for hydroxylation is 1. The molecule has 1 atom stereocenters. The van der Waals surface area contributed by atoms with Crippen molar-refractivity contribution in [3.8, 4) is 29.0 Å². The van der Waals surface area contributed by atoms with Crippen molar-refractivity contribution in [2.24, 2.45) is 5.73 Å². The minimum atomic E-state index is -4.64. The number of fused-ring (bicyclic) bond motifs is 1. The van der Waals surface area contributed by atoms with Gasteiger partial charge in [-0.1, -0.05) is 30.2 Å². The van der Waals surface area contributed by atoms with Crippen LogP contribution in [0.2, 0.25) is 0 Å². The Hall–Kier alpha value is -3.60. The topological polar surface area (TPSA) is 87.9 Å². The van der Waals surface area contributed by atoms with E-state index in [2.05, 4.69) is 23.0 Å². The summed E-state index contributed by atoms with van der Waals surface area (Å²) >= 11 is 1.27. The minimum absolute atomic E-state index is 0.0228. The van der Waals surface area contributed by atoms with E-state index in [1.807, 2.05) is 0 Å². The van der Waals surface area contributed by atoms with E-state index in [1.165, 1.54) is 22.2 Å². The molecule has 4 rings (SSSR count). The average Bonchev–Trinajstić information content (AvgIpc) is 3.45. The molecule has 0 saturated heterocycles. The van der Waals surface area contributed by atoms with Gasteiger partial charge >= 0.3 is 6.18 Å². The molecule has 0 saturated carbocycles. The Bertz CT molecular complexity index is 1410. The summed E-state index contributed by atoms with van der Waals surface area (Å²) in [7, 11) is 0. The molecule has 2 aromatic heterocycles. The number of alkyl halides is 3.